The highest BCUT2D eigenvalue weighted by atomic mass is 127. The molecule has 10 nitrogen and oxygen atoms in total. The minimum atomic E-state index is -0.244. The third kappa shape index (κ3) is 31.9. The average Bonchev–Trinajstić information content (AvgIpc) is 2.88. The van der Waals surface area contributed by atoms with Gasteiger partial charge in [0.1, 0.15) is 0 Å². The molecule has 0 aromatic carbocycles. The monoisotopic (exact) mass is 636 g/mol. The molecule has 0 aromatic heterocycles. The van der Waals surface area contributed by atoms with Crippen molar-refractivity contribution in [2.24, 2.45) is 0 Å². The average molecular weight is 637 g/mol. The predicted molar refractivity (Wildman–Crippen MR) is 145 cm³/mol. The predicted octanol–water partition coefficient (Wildman–Crippen LogP) is 3.07. The van der Waals surface area contributed by atoms with Gasteiger partial charge in [0.25, 0.3) is 0 Å². The molecule has 11 heteroatoms. The molecule has 0 unspecified atom stereocenters. The molecular formula is C25H49IO10. The number of rotatable bonds is 31. The van der Waals surface area contributed by atoms with E-state index in [-0.39, 0.29) is 12.4 Å². The molecule has 0 radical (unpaired) electrons. The summed E-state index contributed by atoms with van der Waals surface area (Å²) in [6, 6.07) is 0. The zero-order valence-electron chi connectivity index (χ0n) is 22.2. The Morgan fingerprint density at radius 1 is 0.472 bits per heavy atom. The van der Waals surface area contributed by atoms with Crippen LogP contribution in [0.5, 0.6) is 0 Å². The van der Waals surface area contributed by atoms with Crippen LogP contribution in [0.25, 0.3) is 0 Å². The molecule has 0 amide bonds. The number of esters is 1. The van der Waals surface area contributed by atoms with E-state index in [4.69, 9.17) is 42.6 Å². The van der Waals surface area contributed by atoms with Crippen LogP contribution in [0.3, 0.4) is 0 Å². The molecule has 0 aliphatic heterocycles. The van der Waals surface area contributed by atoms with Gasteiger partial charge in [0.05, 0.1) is 112 Å². The number of unbranched alkanes of at least 4 members (excludes halogenated alkanes) is 3. The van der Waals surface area contributed by atoms with Crippen LogP contribution >= 0.6 is 22.6 Å². The maximum absolute atomic E-state index is 11.1. The van der Waals surface area contributed by atoms with Crippen molar-refractivity contribution in [3.63, 3.8) is 0 Å². The van der Waals surface area contributed by atoms with E-state index >= 15 is 0 Å². The van der Waals surface area contributed by atoms with Gasteiger partial charge in [-0.25, -0.2) is 0 Å². The molecule has 0 aliphatic rings. The van der Waals surface area contributed by atoms with Gasteiger partial charge < -0.3 is 42.6 Å². The Kier molecular flexibility index (Phi) is 32.8. The minimum Gasteiger partial charge on any atom is -0.466 e. The van der Waals surface area contributed by atoms with Crippen LogP contribution in [-0.2, 0) is 47.4 Å². The minimum absolute atomic E-state index is 0.244. The van der Waals surface area contributed by atoms with Crippen molar-refractivity contribution < 1.29 is 47.4 Å². The summed E-state index contributed by atoms with van der Waals surface area (Å²) < 4.78 is 49.5. The van der Waals surface area contributed by atoms with Gasteiger partial charge in [0.15, 0.2) is 0 Å². The summed E-state index contributed by atoms with van der Waals surface area (Å²) in [7, 11) is 0. The zero-order chi connectivity index (χ0) is 26.2. The topological polar surface area (TPSA) is 100 Å². The van der Waals surface area contributed by atoms with Crippen molar-refractivity contribution in [2.45, 2.75) is 39.0 Å². The molecule has 0 aromatic rings. The first-order valence-electron chi connectivity index (χ1n) is 13.1. The second-order valence-electron chi connectivity index (χ2n) is 7.56. The van der Waals surface area contributed by atoms with Crippen molar-refractivity contribution in [2.75, 3.05) is 117 Å². The normalized spacial score (nSPS) is 11.3. The lowest BCUT2D eigenvalue weighted by atomic mass is 10.2. The third-order valence-corrected chi connectivity index (χ3v) is 5.30. The van der Waals surface area contributed by atoms with Gasteiger partial charge in [-0.2, -0.15) is 0 Å². The molecule has 0 aliphatic carbocycles. The van der Waals surface area contributed by atoms with Crippen molar-refractivity contribution in [1.82, 2.24) is 0 Å². The summed E-state index contributed by atoms with van der Waals surface area (Å²) in [6.07, 6.45) is 5.24. The van der Waals surface area contributed by atoms with E-state index < -0.39 is 0 Å². The number of hydrogen-bond donors (Lipinski definition) is 0. The van der Waals surface area contributed by atoms with Crippen LogP contribution in [-0.4, -0.2) is 123 Å². The molecule has 0 saturated carbocycles. The van der Waals surface area contributed by atoms with E-state index in [9.17, 15) is 4.79 Å². The Hall–Kier alpha value is -0.120. The van der Waals surface area contributed by atoms with Crippen LogP contribution in [0.15, 0.2) is 0 Å². The van der Waals surface area contributed by atoms with E-state index in [1.54, 1.807) is 6.92 Å². The van der Waals surface area contributed by atoms with Crippen LogP contribution < -0.4 is 0 Å². The largest absolute Gasteiger partial charge is 0.466 e. The van der Waals surface area contributed by atoms with E-state index in [1.807, 2.05) is 0 Å². The molecule has 0 heterocycles. The molecular weight excluding hydrogens is 587 g/mol. The molecule has 0 atom stereocenters. The molecule has 0 saturated heterocycles. The van der Waals surface area contributed by atoms with Gasteiger partial charge in [0.2, 0.25) is 0 Å². The van der Waals surface area contributed by atoms with Gasteiger partial charge >= 0.3 is 5.97 Å². The fourth-order valence-corrected chi connectivity index (χ4v) is 3.22. The quantitative estimate of drug-likeness (QED) is 0.0489. The number of halogens is 1. The lowest BCUT2D eigenvalue weighted by Crippen LogP contribution is -2.15. The van der Waals surface area contributed by atoms with Crippen LogP contribution in [0, 0.1) is 0 Å². The second kappa shape index (κ2) is 32.9. The number of alkyl halides is 1. The molecule has 0 rings (SSSR count). The highest BCUT2D eigenvalue weighted by molar-refractivity contribution is 14.1. The van der Waals surface area contributed by atoms with E-state index in [2.05, 4.69) is 22.6 Å². The summed E-state index contributed by atoms with van der Waals surface area (Å²) >= 11 is 2.42. The Labute approximate surface area is 231 Å². The summed E-state index contributed by atoms with van der Waals surface area (Å²) in [5.74, 6) is -0.244. The van der Waals surface area contributed by atoms with Crippen molar-refractivity contribution in [1.29, 1.82) is 0 Å². The summed E-state index contributed by atoms with van der Waals surface area (Å²) in [5.41, 5.74) is 0. The lowest BCUT2D eigenvalue weighted by molar-refractivity contribution is -0.144. The standard InChI is InChI=1S/C25H49IO10/c1-2-36-25(27)7-10-29-12-14-31-16-18-33-20-22-35-24-23-34-21-19-32-17-15-30-13-11-28-9-6-4-3-5-8-26/h2-24H2,1H3. The number of hydrogen-bond acceptors (Lipinski definition) is 10. The van der Waals surface area contributed by atoms with Gasteiger partial charge in [0, 0.05) is 6.61 Å². The molecule has 0 N–H and O–H groups in total. The lowest BCUT2D eigenvalue weighted by Gasteiger charge is -2.08. The number of carbonyl (C=O) groups excluding carboxylic acids is 1. The molecule has 0 spiro atoms. The highest BCUT2D eigenvalue weighted by Gasteiger charge is 2.00. The first-order chi connectivity index (χ1) is 17.8. The summed E-state index contributed by atoms with van der Waals surface area (Å²) in [6.45, 7) is 10.7. The number of carbonyl (C=O) groups is 1. The van der Waals surface area contributed by atoms with Crippen molar-refractivity contribution in [3.8, 4) is 0 Å². The van der Waals surface area contributed by atoms with Gasteiger partial charge in [-0.05, 0) is 24.2 Å². The second-order valence-corrected chi connectivity index (χ2v) is 8.64. The summed E-state index contributed by atoms with van der Waals surface area (Å²) in [5, 5.41) is 0. The van der Waals surface area contributed by atoms with Gasteiger partial charge in [-0.1, -0.05) is 35.4 Å². The molecule has 0 bridgehead atoms. The Bertz CT molecular complexity index is 432. The Morgan fingerprint density at radius 3 is 1.17 bits per heavy atom. The third-order valence-electron chi connectivity index (χ3n) is 4.53. The van der Waals surface area contributed by atoms with Crippen LogP contribution in [0.1, 0.15) is 39.0 Å². The van der Waals surface area contributed by atoms with Crippen LogP contribution in [0.2, 0.25) is 0 Å². The SMILES string of the molecule is CCOC(=O)CCOCCOCCOCCOCCOCCOCCOCCOCCCCCCI. The zero-order valence-corrected chi connectivity index (χ0v) is 24.4. The van der Waals surface area contributed by atoms with E-state index in [0.717, 1.165) is 13.0 Å². The fraction of sp³-hybridized carbons (Fsp3) is 0.960. The smallest absolute Gasteiger partial charge is 0.308 e. The first kappa shape index (κ1) is 35.9. The number of ether oxygens (including phenoxy) is 9. The molecule has 0 fully saturated rings. The van der Waals surface area contributed by atoms with Crippen molar-refractivity contribution >= 4 is 28.6 Å². The fourth-order valence-electron chi connectivity index (χ4n) is 2.68. The van der Waals surface area contributed by atoms with E-state index in [0.29, 0.717) is 106 Å². The first-order valence-corrected chi connectivity index (χ1v) is 14.7. The molecule has 36 heavy (non-hydrogen) atoms. The highest BCUT2D eigenvalue weighted by Crippen LogP contribution is 2.02. The maximum atomic E-state index is 11.1. The Balaban J connectivity index is 3.04. The van der Waals surface area contributed by atoms with Crippen LogP contribution in [0.4, 0.5) is 0 Å². The van der Waals surface area contributed by atoms with Crippen molar-refractivity contribution in [3.05, 3.63) is 0 Å². The molecule has 216 valence electrons. The Morgan fingerprint density at radius 2 is 0.806 bits per heavy atom. The maximum Gasteiger partial charge on any atom is 0.308 e. The van der Waals surface area contributed by atoms with Gasteiger partial charge in [-0.15, -0.1) is 0 Å². The van der Waals surface area contributed by atoms with Gasteiger partial charge in [-0.3, -0.25) is 4.79 Å². The van der Waals surface area contributed by atoms with E-state index in [1.165, 1.54) is 23.7 Å². The summed E-state index contributed by atoms with van der Waals surface area (Å²) in [4.78, 5) is 11.1.